The molecule has 6 nitrogen and oxygen atoms in total. The van der Waals surface area contributed by atoms with E-state index in [0.717, 1.165) is 12.8 Å². The van der Waals surface area contributed by atoms with Crippen LogP contribution in [0.3, 0.4) is 0 Å². The Labute approximate surface area is 140 Å². The summed E-state index contributed by atoms with van der Waals surface area (Å²) >= 11 is 0. The first-order valence-corrected chi connectivity index (χ1v) is 8.38. The molecule has 1 unspecified atom stereocenters. The summed E-state index contributed by atoms with van der Waals surface area (Å²) in [6.07, 6.45) is 2.78. The smallest absolute Gasteiger partial charge is 0.261 e. The Morgan fingerprint density at radius 2 is 2.17 bits per heavy atom. The van der Waals surface area contributed by atoms with Gasteiger partial charge in [-0.1, -0.05) is 12.1 Å². The standard InChI is InChI=1S/C18H23N3O3/c1-12(11-24-2)19-17(22)10-9-16-20-15-6-4-3-5-14(15)18(23)21(16)13-7-8-13/h3-6,12-13H,7-11H2,1-2H3,(H,19,22). The molecule has 1 aromatic heterocycles. The summed E-state index contributed by atoms with van der Waals surface area (Å²) < 4.78 is 6.80. The molecular weight excluding hydrogens is 306 g/mol. The molecule has 1 fully saturated rings. The van der Waals surface area contributed by atoms with E-state index in [0.29, 0.717) is 36.2 Å². The van der Waals surface area contributed by atoms with Gasteiger partial charge in [0.25, 0.3) is 5.56 Å². The highest BCUT2D eigenvalue weighted by Gasteiger charge is 2.28. The molecule has 1 amide bonds. The van der Waals surface area contributed by atoms with Crippen molar-refractivity contribution < 1.29 is 9.53 Å². The minimum atomic E-state index is -0.0516. The predicted molar refractivity (Wildman–Crippen MR) is 92.1 cm³/mol. The summed E-state index contributed by atoms with van der Waals surface area (Å²) in [5.41, 5.74) is 0.703. The largest absolute Gasteiger partial charge is 0.383 e. The first-order valence-electron chi connectivity index (χ1n) is 8.38. The van der Waals surface area contributed by atoms with Crippen LogP contribution in [0.1, 0.15) is 38.1 Å². The average molecular weight is 329 g/mol. The number of ether oxygens (including phenoxy) is 1. The summed E-state index contributed by atoms with van der Waals surface area (Å²) in [5.74, 6) is 0.653. The fraction of sp³-hybridized carbons (Fsp3) is 0.500. The van der Waals surface area contributed by atoms with Crippen LogP contribution in [0.2, 0.25) is 0 Å². The fourth-order valence-corrected chi connectivity index (χ4v) is 2.94. The molecule has 1 saturated carbocycles. The fourth-order valence-electron chi connectivity index (χ4n) is 2.94. The first-order chi connectivity index (χ1) is 11.6. The second-order valence-electron chi connectivity index (χ2n) is 6.38. The van der Waals surface area contributed by atoms with Gasteiger partial charge in [0.05, 0.1) is 17.5 Å². The Bertz CT molecular complexity index is 796. The first kappa shape index (κ1) is 16.6. The normalized spacial score (nSPS) is 15.4. The van der Waals surface area contributed by atoms with E-state index < -0.39 is 0 Å². The number of benzene rings is 1. The highest BCUT2D eigenvalue weighted by Crippen LogP contribution is 2.34. The lowest BCUT2D eigenvalue weighted by atomic mass is 10.2. The zero-order valence-electron chi connectivity index (χ0n) is 14.1. The molecule has 0 spiro atoms. The van der Waals surface area contributed by atoms with Crippen LogP contribution in [-0.2, 0) is 16.0 Å². The lowest BCUT2D eigenvalue weighted by Crippen LogP contribution is -2.36. The van der Waals surface area contributed by atoms with Crippen molar-refractivity contribution in [2.24, 2.45) is 0 Å². The van der Waals surface area contributed by atoms with Crippen molar-refractivity contribution in [3.05, 3.63) is 40.4 Å². The molecule has 1 heterocycles. The number of aryl methyl sites for hydroxylation is 1. The minimum absolute atomic E-state index is 0.00580. The molecule has 1 atom stereocenters. The third kappa shape index (κ3) is 3.64. The second kappa shape index (κ2) is 7.13. The molecule has 24 heavy (non-hydrogen) atoms. The monoisotopic (exact) mass is 329 g/mol. The van der Waals surface area contributed by atoms with Gasteiger partial charge in [-0.2, -0.15) is 0 Å². The number of para-hydroxylation sites is 1. The van der Waals surface area contributed by atoms with Crippen molar-refractivity contribution in [1.82, 2.24) is 14.9 Å². The third-order valence-corrected chi connectivity index (χ3v) is 4.19. The van der Waals surface area contributed by atoms with E-state index in [1.165, 1.54) is 0 Å². The van der Waals surface area contributed by atoms with Gasteiger partial charge in [-0.3, -0.25) is 14.2 Å². The second-order valence-corrected chi connectivity index (χ2v) is 6.38. The topological polar surface area (TPSA) is 73.2 Å². The van der Waals surface area contributed by atoms with Crippen LogP contribution in [0.5, 0.6) is 0 Å². The van der Waals surface area contributed by atoms with E-state index >= 15 is 0 Å². The molecule has 0 aliphatic heterocycles. The third-order valence-electron chi connectivity index (χ3n) is 4.19. The van der Waals surface area contributed by atoms with Crippen molar-refractivity contribution in [2.75, 3.05) is 13.7 Å². The molecule has 1 N–H and O–H groups in total. The van der Waals surface area contributed by atoms with Crippen molar-refractivity contribution in [1.29, 1.82) is 0 Å². The van der Waals surface area contributed by atoms with Gasteiger partial charge >= 0.3 is 0 Å². The summed E-state index contributed by atoms with van der Waals surface area (Å²) in [7, 11) is 1.61. The van der Waals surface area contributed by atoms with E-state index in [1.54, 1.807) is 11.7 Å². The highest BCUT2D eigenvalue weighted by molar-refractivity contribution is 5.78. The Balaban J connectivity index is 1.80. The quantitative estimate of drug-likeness (QED) is 0.841. The van der Waals surface area contributed by atoms with Gasteiger partial charge in [-0.15, -0.1) is 0 Å². The van der Waals surface area contributed by atoms with Gasteiger partial charge in [-0.05, 0) is 31.9 Å². The number of amides is 1. The summed E-state index contributed by atoms with van der Waals surface area (Å²) in [5, 5.41) is 3.53. The molecule has 1 aromatic carbocycles. The number of carbonyl (C=O) groups excluding carboxylic acids is 1. The zero-order valence-corrected chi connectivity index (χ0v) is 14.1. The van der Waals surface area contributed by atoms with Crippen LogP contribution in [0.15, 0.2) is 29.1 Å². The van der Waals surface area contributed by atoms with Crippen molar-refractivity contribution in [2.45, 2.75) is 44.7 Å². The van der Waals surface area contributed by atoms with Gasteiger partial charge in [0.1, 0.15) is 5.82 Å². The summed E-state index contributed by atoms with van der Waals surface area (Å²) in [4.78, 5) is 29.5. The van der Waals surface area contributed by atoms with Crippen molar-refractivity contribution in [3.8, 4) is 0 Å². The summed E-state index contributed by atoms with van der Waals surface area (Å²) in [6, 6.07) is 7.59. The van der Waals surface area contributed by atoms with E-state index in [4.69, 9.17) is 4.74 Å². The number of nitrogens with zero attached hydrogens (tertiary/aromatic N) is 2. The Morgan fingerprint density at radius 1 is 1.42 bits per heavy atom. The maximum absolute atomic E-state index is 12.7. The predicted octanol–water partition coefficient (Wildman–Crippen LogP) is 1.82. The molecule has 2 aromatic rings. The van der Waals surface area contributed by atoms with E-state index in [-0.39, 0.29) is 23.6 Å². The number of hydrogen-bond acceptors (Lipinski definition) is 4. The van der Waals surface area contributed by atoms with E-state index in [9.17, 15) is 9.59 Å². The zero-order chi connectivity index (χ0) is 17.1. The molecule has 0 saturated heterocycles. The van der Waals surface area contributed by atoms with E-state index in [1.807, 2.05) is 31.2 Å². The lowest BCUT2D eigenvalue weighted by Gasteiger charge is -2.15. The molecule has 1 aliphatic carbocycles. The number of nitrogens with one attached hydrogen (secondary N) is 1. The van der Waals surface area contributed by atoms with Crippen LogP contribution < -0.4 is 10.9 Å². The van der Waals surface area contributed by atoms with Gasteiger partial charge in [0.2, 0.25) is 5.91 Å². The number of fused-ring (bicyclic) bond motifs is 1. The van der Waals surface area contributed by atoms with Crippen LogP contribution >= 0.6 is 0 Å². The lowest BCUT2D eigenvalue weighted by molar-refractivity contribution is -0.122. The Kier molecular flexibility index (Phi) is 4.94. The van der Waals surface area contributed by atoms with Crippen LogP contribution in [0, 0.1) is 0 Å². The van der Waals surface area contributed by atoms with Gasteiger partial charge in [-0.25, -0.2) is 4.98 Å². The van der Waals surface area contributed by atoms with Gasteiger partial charge in [0, 0.05) is 32.0 Å². The van der Waals surface area contributed by atoms with Crippen molar-refractivity contribution in [3.63, 3.8) is 0 Å². The number of hydrogen-bond donors (Lipinski definition) is 1. The maximum Gasteiger partial charge on any atom is 0.261 e. The van der Waals surface area contributed by atoms with Crippen LogP contribution in [0.4, 0.5) is 0 Å². The number of carbonyl (C=O) groups is 1. The molecule has 0 bridgehead atoms. The molecule has 128 valence electrons. The van der Waals surface area contributed by atoms with Gasteiger partial charge in [0.15, 0.2) is 0 Å². The molecule has 3 rings (SSSR count). The van der Waals surface area contributed by atoms with Crippen LogP contribution in [0.25, 0.3) is 10.9 Å². The van der Waals surface area contributed by atoms with E-state index in [2.05, 4.69) is 10.3 Å². The SMILES string of the molecule is COCC(C)NC(=O)CCc1nc2ccccc2c(=O)n1C1CC1. The highest BCUT2D eigenvalue weighted by atomic mass is 16.5. The molecule has 6 heteroatoms. The minimum Gasteiger partial charge on any atom is -0.383 e. The average Bonchev–Trinajstić information content (AvgIpc) is 3.38. The van der Waals surface area contributed by atoms with Crippen molar-refractivity contribution >= 4 is 16.8 Å². The maximum atomic E-state index is 12.7. The van der Waals surface area contributed by atoms with Gasteiger partial charge < -0.3 is 10.1 Å². The Hall–Kier alpha value is -2.21. The number of rotatable bonds is 7. The summed E-state index contributed by atoms with van der Waals surface area (Å²) in [6.45, 7) is 2.38. The molecule has 1 aliphatic rings. The molecule has 0 radical (unpaired) electrons. The number of methoxy groups -OCH3 is 1. The number of aromatic nitrogens is 2. The van der Waals surface area contributed by atoms with Crippen LogP contribution in [-0.4, -0.2) is 35.2 Å². The Morgan fingerprint density at radius 3 is 2.88 bits per heavy atom. The molecular formula is C18H23N3O3.